The molecule has 0 spiro atoms. The van der Waals surface area contributed by atoms with Crippen molar-refractivity contribution in [2.75, 3.05) is 16.8 Å². The molecule has 32 heavy (non-hydrogen) atoms. The van der Waals surface area contributed by atoms with Crippen LogP contribution in [0.5, 0.6) is 0 Å². The summed E-state index contributed by atoms with van der Waals surface area (Å²) in [5.41, 5.74) is -2.55. The largest absolute Gasteiger partial charge is 0.446 e. The van der Waals surface area contributed by atoms with Crippen LogP contribution >= 0.6 is 11.8 Å². The molecule has 0 atom stereocenters. The Morgan fingerprint density at radius 2 is 1.53 bits per heavy atom. The number of alkyl halides is 3. The number of anilines is 2. The van der Waals surface area contributed by atoms with E-state index >= 15 is 0 Å². The van der Waals surface area contributed by atoms with Crippen molar-refractivity contribution in [3.63, 3.8) is 0 Å². The third-order valence-electron chi connectivity index (χ3n) is 4.61. The second-order valence-corrected chi connectivity index (χ2v) is 7.95. The number of carbonyl (C=O) groups is 2. The van der Waals surface area contributed by atoms with Gasteiger partial charge in [0.05, 0.1) is 12.0 Å². The summed E-state index contributed by atoms with van der Waals surface area (Å²) in [5.74, 6) is -0.698. The molecule has 8 heteroatoms. The lowest BCUT2D eigenvalue weighted by molar-refractivity contribution is -0.117. The van der Waals surface area contributed by atoms with Crippen molar-refractivity contribution < 1.29 is 22.8 Å². The van der Waals surface area contributed by atoms with E-state index in [1.54, 1.807) is 29.2 Å². The van der Waals surface area contributed by atoms with Gasteiger partial charge in [-0.3, -0.25) is 9.59 Å². The van der Waals surface area contributed by atoms with Gasteiger partial charge in [0.25, 0.3) is 5.91 Å². The Bertz CT molecular complexity index is 1070. The van der Waals surface area contributed by atoms with Gasteiger partial charge in [-0.2, -0.15) is 13.2 Å². The zero-order chi connectivity index (χ0) is 23.1. The van der Waals surface area contributed by atoms with Crippen LogP contribution in [0.25, 0.3) is 0 Å². The van der Waals surface area contributed by atoms with Crippen LogP contribution in [0.4, 0.5) is 24.5 Å². The molecule has 3 aromatic rings. The molecule has 0 radical (unpaired) electrons. The number of hydrogen-bond acceptors (Lipinski definition) is 3. The molecule has 1 N–H and O–H groups in total. The van der Waals surface area contributed by atoms with Crippen molar-refractivity contribution >= 4 is 35.0 Å². The molecule has 0 fully saturated rings. The summed E-state index contributed by atoms with van der Waals surface area (Å²) < 4.78 is 38.3. The average molecular weight is 459 g/mol. The zero-order valence-corrected chi connectivity index (χ0v) is 18.0. The van der Waals surface area contributed by atoms with Gasteiger partial charge in [0.2, 0.25) is 5.91 Å². The van der Waals surface area contributed by atoms with Gasteiger partial charge in [0.1, 0.15) is 0 Å². The molecular weight excluding hydrogens is 437 g/mol. The Balaban J connectivity index is 1.66. The van der Waals surface area contributed by atoms with Crippen LogP contribution in [0.15, 0.2) is 83.8 Å². The highest BCUT2D eigenvalue weighted by molar-refractivity contribution is 8.00. The molecule has 0 unspecified atom stereocenters. The molecule has 0 aliphatic heterocycles. The van der Waals surface area contributed by atoms with E-state index in [1.165, 1.54) is 24.3 Å². The Hall–Kier alpha value is -3.26. The van der Waals surface area contributed by atoms with E-state index in [4.69, 9.17) is 0 Å². The standard InChI is InChI=1S/C24H21F3N2O2S/c1-2-29(19-8-4-3-5-9-19)22(30)16-17-12-14-18(15-13-17)28-23(31)20-10-6-7-11-21(20)32-24(25,26)27/h3-15H,2,16H2,1H3,(H,28,31). The van der Waals surface area contributed by atoms with E-state index in [-0.39, 0.29) is 34.5 Å². The summed E-state index contributed by atoms with van der Waals surface area (Å²) in [7, 11) is 0. The maximum Gasteiger partial charge on any atom is 0.446 e. The fraction of sp³-hybridized carbons (Fsp3) is 0.167. The zero-order valence-electron chi connectivity index (χ0n) is 17.2. The summed E-state index contributed by atoms with van der Waals surface area (Å²) >= 11 is -0.325. The summed E-state index contributed by atoms with van der Waals surface area (Å²) in [4.78, 5) is 26.7. The number of likely N-dealkylation sites (N-methyl/N-ethyl adjacent to an activating group) is 1. The van der Waals surface area contributed by atoms with Crippen molar-refractivity contribution in [3.8, 4) is 0 Å². The smallest absolute Gasteiger partial charge is 0.322 e. The van der Waals surface area contributed by atoms with Crippen LogP contribution < -0.4 is 10.2 Å². The molecule has 3 aromatic carbocycles. The number of halogens is 3. The molecule has 2 amide bonds. The number of thioether (sulfide) groups is 1. The monoisotopic (exact) mass is 458 g/mol. The van der Waals surface area contributed by atoms with Gasteiger partial charge in [0, 0.05) is 22.8 Å². The topological polar surface area (TPSA) is 49.4 Å². The molecule has 0 saturated heterocycles. The van der Waals surface area contributed by atoms with E-state index in [0.29, 0.717) is 12.2 Å². The van der Waals surface area contributed by atoms with Gasteiger partial charge in [0.15, 0.2) is 0 Å². The Kier molecular flexibility index (Phi) is 7.58. The number of amides is 2. The summed E-state index contributed by atoms with van der Waals surface area (Å²) in [6.07, 6.45) is 0.183. The molecule has 166 valence electrons. The van der Waals surface area contributed by atoms with Crippen molar-refractivity contribution in [1.29, 1.82) is 0 Å². The highest BCUT2D eigenvalue weighted by atomic mass is 32.2. The Labute approximate surface area is 188 Å². The average Bonchev–Trinajstić information content (AvgIpc) is 2.75. The second kappa shape index (κ2) is 10.4. The normalized spacial score (nSPS) is 11.1. The lowest BCUT2D eigenvalue weighted by atomic mass is 10.1. The summed E-state index contributed by atoms with van der Waals surface area (Å²) in [6.45, 7) is 2.44. The molecule has 0 aliphatic carbocycles. The summed E-state index contributed by atoms with van der Waals surface area (Å²) in [6, 6.07) is 21.6. The number of para-hydroxylation sites is 1. The van der Waals surface area contributed by atoms with Crippen molar-refractivity contribution in [2.45, 2.75) is 23.7 Å². The van der Waals surface area contributed by atoms with Gasteiger partial charge in [-0.05, 0) is 60.6 Å². The highest BCUT2D eigenvalue weighted by Crippen LogP contribution is 2.38. The Morgan fingerprint density at radius 1 is 0.906 bits per heavy atom. The third-order valence-corrected chi connectivity index (χ3v) is 5.42. The lowest BCUT2D eigenvalue weighted by Crippen LogP contribution is -2.31. The van der Waals surface area contributed by atoms with E-state index in [1.807, 2.05) is 37.3 Å². The molecule has 3 rings (SSSR count). The van der Waals surface area contributed by atoms with Crippen molar-refractivity contribution in [1.82, 2.24) is 0 Å². The molecule has 0 aliphatic rings. The maximum absolute atomic E-state index is 12.8. The predicted molar refractivity (Wildman–Crippen MR) is 121 cm³/mol. The molecule has 0 aromatic heterocycles. The van der Waals surface area contributed by atoms with E-state index in [9.17, 15) is 22.8 Å². The van der Waals surface area contributed by atoms with Gasteiger partial charge in [-0.25, -0.2) is 0 Å². The predicted octanol–water partition coefficient (Wildman–Crippen LogP) is 6.15. The van der Waals surface area contributed by atoms with Gasteiger partial charge in [-0.15, -0.1) is 0 Å². The van der Waals surface area contributed by atoms with Crippen LogP contribution in [0.3, 0.4) is 0 Å². The van der Waals surface area contributed by atoms with Gasteiger partial charge in [-0.1, -0.05) is 42.5 Å². The fourth-order valence-corrected chi connectivity index (χ4v) is 3.82. The molecule has 0 heterocycles. The first kappa shape index (κ1) is 23.4. The number of carbonyl (C=O) groups excluding carboxylic acids is 2. The highest BCUT2D eigenvalue weighted by Gasteiger charge is 2.31. The summed E-state index contributed by atoms with van der Waals surface area (Å²) in [5, 5.41) is 2.61. The number of nitrogens with one attached hydrogen (secondary N) is 1. The SMILES string of the molecule is CCN(C(=O)Cc1ccc(NC(=O)c2ccccc2SC(F)(F)F)cc1)c1ccccc1. The minimum Gasteiger partial charge on any atom is -0.322 e. The van der Waals surface area contributed by atoms with Gasteiger partial charge >= 0.3 is 5.51 Å². The minimum absolute atomic E-state index is 0.0597. The number of nitrogens with zero attached hydrogens (tertiary/aromatic N) is 1. The third kappa shape index (κ3) is 6.37. The van der Waals surface area contributed by atoms with Crippen LogP contribution in [-0.4, -0.2) is 23.9 Å². The second-order valence-electron chi connectivity index (χ2n) is 6.85. The first-order valence-electron chi connectivity index (χ1n) is 9.87. The first-order valence-corrected chi connectivity index (χ1v) is 10.7. The van der Waals surface area contributed by atoms with Crippen LogP contribution in [0.1, 0.15) is 22.8 Å². The quantitative estimate of drug-likeness (QED) is 0.432. The lowest BCUT2D eigenvalue weighted by Gasteiger charge is -2.21. The van der Waals surface area contributed by atoms with Crippen LogP contribution in [0.2, 0.25) is 0 Å². The maximum atomic E-state index is 12.8. The number of rotatable bonds is 7. The van der Waals surface area contributed by atoms with Gasteiger partial charge < -0.3 is 10.2 Å². The molecule has 4 nitrogen and oxygen atoms in total. The van der Waals surface area contributed by atoms with Crippen molar-refractivity contribution in [3.05, 3.63) is 90.0 Å². The fourth-order valence-electron chi connectivity index (χ4n) is 3.15. The Morgan fingerprint density at radius 3 is 2.16 bits per heavy atom. The molecule has 0 bridgehead atoms. The van der Waals surface area contributed by atoms with E-state index in [0.717, 1.165) is 11.3 Å². The number of hydrogen-bond donors (Lipinski definition) is 1. The van der Waals surface area contributed by atoms with Crippen molar-refractivity contribution in [2.24, 2.45) is 0 Å². The first-order chi connectivity index (χ1) is 15.3. The molecular formula is C24H21F3N2O2S. The van der Waals surface area contributed by atoms with E-state index in [2.05, 4.69) is 5.32 Å². The molecule has 0 saturated carbocycles. The van der Waals surface area contributed by atoms with E-state index < -0.39 is 11.4 Å². The minimum atomic E-state index is -4.49. The number of benzene rings is 3. The van der Waals surface area contributed by atoms with Crippen LogP contribution in [-0.2, 0) is 11.2 Å². The van der Waals surface area contributed by atoms with Crippen LogP contribution in [0, 0.1) is 0 Å².